The van der Waals surface area contributed by atoms with Crippen LogP contribution in [0, 0.1) is 0 Å². The average molecular weight is 499 g/mol. The molecule has 10 heteroatoms. The summed E-state index contributed by atoms with van der Waals surface area (Å²) in [6.07, 6.45) is 5.11. The Hall–Kier alpha value is -2.46. The summed E-state index contributed by atoms with van der Waals surface area (Å²) in [6.45, 7) is 6.72. The van der Waals surface area contributed by atoms with Crippen LogP contribution in [0.1, 0.15) is 37.7 Å². The highest BCUT2D eigenvalue weighted by atomic mass is 35.5. The number of aromatic nitrogens is 4. The van der Waals surface area contributed by atoms with Crippen molar-refractivity contribution < 1.29 is 14.6 Å². The fourth-order valence-electron chi connectivity index (χ4n) is 5.64. The third-order valence-corrected chi connectivity index (χ3v) is 7.87. The molecule has 3 fully saturated rings. The lowest BCUT2D eigenvalue weighted by atomic mass is 9.88. The van der Waals surface area contributed by atoms with Gasteiger partial charge in [-0.3, -0.25) is 4.90 Å². The van der Waals surface area contributed by atoms with Gasteiger partial charge in [-0.1, -0.05) is 11.6 Å². The maximum absolute atomic E-state index is 10.2. The van der Waals surface area contributed by atoms with E-state index in [4.69, 9.17) is 21.1 Å². The second-order valence-corrected chi connectivity index (χ2v) is 10.6. The molecule has 3 aliphatic heterocycles. The molecule has 3 aliphatic rings. The van der Waals surface area contributed by atoms with Gasteiger partial charge in [-0.2, -0.15) is 15.1 Å². The molecule has 35 heavy (non-hydrogen) atoms. The second-order valence-electron chi connectivity index (χ2n) is 10.2. The van der Waals surface area contributed by atoms with Crippen molar-refractivity contribution in [2.45, 2.75) is 43.7 Å². The molecular formula is C25H31ClN6O3. The Kier molecular flexibility index (Phi) is 5.83. The van der Waals surface area contributed by atoms with E-state index in [1.807, 2.05) is 34.8 Å². The Balaban J connectivity index is 1.30. The van der Waals surface area contributed by atoms with E-state index in [9.17, 15) is 5.11 Å². The Morgan fingerprint density at radius 1 is 1.11 bits per heavy atom. The van der Waals surface area contributed by atoms with Gasteiger partial charge < -0.3 is 19.5 Å². The quantitative estimate of drug-likeness (QED) is 0.574. The number of rotatable bonds is 5. The zero-order valence-electron chi connectivity index (χ0n) is 20.2. The van der Waals surface area contributed by atoms with Crippen LogP contribution in [0.15, 0.2) is 24.4 Å². The number of hydrogen-bond acceptors (Lipinski definition) is 8. The Morgan fingerprint density at radius 3 is 2.57 bits per heavy atom. The van der Waals surface area contributed by atoms with Gasteiger partial charge in [0.25, 0.3) is 0 Å². The number of hydrogen-bond donors (Lipinski definition) is 1. The van der Waals surface area contributed by atoms with Crippen molar-refractivity contribution in [2.75, 3.05) is 51.4 Å². The highest BCUT2D eigenvalue weighted by Crippen LogP contribution is 2.37. The van der Waals surface area contributed by atoms with E-state index in [1.54, 1.807) is 7.11 Å². The van der Waals surface area contributed by atoms with E-state index in [1.165, 1.54) is 5.56 Å². The van der Waals surface area contributed by atoms with Crippen LogP contribution in [0.3, 0.4) is 0 Å². The van der Waals surface area contributed by atoms with Gasteiger partial charge in [0.1, 0.15) is 5.82 Å². The van der Waals surface area contributed by atoms with E-state index >= 15 is 0 Å². The Bertz CT molecular complexity index is 1230. The number of nitrogens with zero attached hydrogens (tertiary/aromatic N) is 6. The summed E-state index contributed by atoms with van der Waals surface area (Å²) in [7, 11) is 1.55. The molecule has 9 nitrogen and oxygen atoms in total. The van der Waals surface area contributed by atoms with Crippen LogP contribution in [0.5, 0.6) is 6.01 Å². The summed E-state index contributed by atoms with van der Waals surface area (Å²) in [5.74, 6) is 1.74. The summed E-state index contributed by atoms with van der Waals surface area (Å²) in [4.78, 5) is 13.6. The number of likely N-dealkylation sites (tertiary alicyclic amines) is 1. The molecule has 1 unspecified atom stereocenters. The van der Waals surface area contributed by atoms with E-state index in [0.29, 0.717) is 36.7 Å². The normalized spacial score (nSPS) is 23.1. The van der Waals surface area contributed by atoms with Crippen molar-refractivity contribution >= 4 is 28.3 Å². The minimum Gasteiger partial charge on any atom is -0.467 e. The molecule has 3 saturated heterocycles. The van der Waals surface area contributed by atoms with Crippen LogP contribution in [0.4, 0.5) is 5.82 Å². The first-order valence-electron chi connectivity index (χ1n) is 12.3. The van der Waals surface area contributed by atoms with E-state index in [2.05, 4.69) is 26.0 Å². The van der Waals surface area contributed by atoms with Gasteiger partial charge in [0.2, 0.25) is 0 Å². The molecule has 1 N–H and O–H groups in total. The largest absolute Gasteiger partial charge is 0.467 e. The first-order chi connectivity index (χ1) is 16.9. The minimum atomic E-state index is -0.706. The molecule has 0 amide bonds. The average Bonchev–Trinajstić information content (AvgIpc) is 3.52. The molecule has 1 aromatic carbocycles. The molecule has 186 valence electrons. The number of β-amino-alcohol motifs (C(OH)–C–C–N with tert-alkyl or cyclic N) is 1. The summed E-state index contributed by atoms with van der Waals surface area (Å²) in [5.41, 5.74) is 1.42. The van der Waals surface area contributed by atoms with Gasteiger partial charge in [0.15, 0.2) is 5.82 Å². The zero-order valence-corrected chi connectivity index (χ0v) is 20.9. The molecular weight excluding hydrogens is 468 g/mol. The smallest absolute Gasteiger partial charge is 0.320 e. The van der Waals surface area contributed by atoms with Crippen molar-refractivity contribution in [3.8, 4) is 11.8 Å². The number of anilines is 1. The number of fused-ring (bicyclic) bond motifs is 1. The van der Waals surface area contributed by atoms with Gasteiger partial charge in [0.05, 0.1) is 31.0 Å². The molecule has 1 atom stereocenters. The van der Waals surface area contributed by atoms with Crippen molar-refractivity contribution in [1.82, 2.24) is 24.6 Å². The first kappa shape index (κ1) is 23.0. The monoisotopic (exact) mass is 498 g/mol. The molecule has 6 rings (SSSR count). The molecule has 0 spiro atoms. The number of aliphatic hydroxyl groups is 1. The number of methoxy groups -OCH3 is 1. The third-order valence-electron chi connectivity index (χ3n) is 7.54. The number of benzene rings is 1. The van der Waals surface area contributed by atoms with Crippen LogP contribution in [-0.4, -0.2) is 87.9 Å². The predicted molar refractivity (Wildman–Crippen MR) is 134 cm³/mol. The fourth-order valence-corrected chi connectivity index (χ4v) is 5.97. The topological polar surface area (TPSA) is 88.8 Å². The molecule has 5 heterocycles. The molecule has 0 radical (unpaired) electrons. The second kappa shape index (κ2) is 8.89. The summed E-state index contributed by atoms with van der Waals surface area (Å²) in [5, 5.41) is 16.6. The zero-order chi connectivity index (χ0) is 24.2. The SMILES string of the molecule is COc1nc(N2CC(C)(O)C2)cc(-n2ncc3cc(Cl)c(C4CCN(C5CCOC5)CC4)cc32)n1. The molecule has 2 aromatic heterocycles. The molecule has 3 aromatic rings. The van der Waals surface area contributed by atoms with Crippen LogP contribution in [-0.2, 0) is 4.74 Å². The van der Waals surface area contributed by atoms with Gasteiger partial charge >= 0.3 is 6.01 Å². The van der Waals surface area contributed by atoms with E-state index in [-0.39, 0.29) is 6.01 Å². The standard InChI is InChI=1S/C25H31ClN6O3/c1-25(33)14-31(15-25)22-11-23(29-24(28-22)34-2)32-21-10-19(20(26)9-17(21)12-27-32)16-3-6-30(7-4-16)18-5-8-35-13-18/h9-12,16,18,33H,3-8,13-15H2,1-2H3. The van der Waals surface area contributed by atoms with Crippen LogP contribution in [0.2, 0.25) is 5.02 Å². The van der Waals surface area contributed by atoms with E-state index in [0.717, 1.165) is 61.5 Å². The van der Waals surface area contributed by atoms with Crippen LogP contribution < -0.4 is 9.64 Å². The van der Waals surface area contributed by atoms with Crippen molar-refractivity contribution in [3.63, 3.8) is 0 Å². The Morgan fingerprint density at radius 2 is 1.89 bits per heavy atom. The lowest BCUT2D eigenvalue weighted by Gasteiger charge is -2.44. The number of piperidine rings is 1. The Labute approximate surface area is 209 Å². The molecule has 0 saturated carbocycles. The first-order valence-corrected chi connectivity index (χ1v) is 12.7. The molecule has 0 aliphatic carbocycles. The van der Waals surface area contributed by atoms with Gasteiger partial charge in [-0.15, -0.1) is 0 Å². The third kappa shape index (κ3) is 4.35. The number of ether oxygens (including phenoxy) is 2. The summed E-state index contributed by atoms with van der Waals surface area (Å²) in [6, 6.07) is 6.91. The minimum absolute atomic E-state index is 0.269. The number of halogens is 1. The maximum Gasteiger partial charge on any atom is 0.320 e. The molecule has 0 bridgehead atoms. The fraction of sp³-hybridized carbons (Fsp3) is 0.560. The van der Waals surface area contributed by atoms with Gasteiger partial charge in [0, 0.05) is 42.2 Å². The maximum atomic E-state index is 10.2. The van der Waals surface area contributed by atoms with Gasteiger partial charge in [-0.25, -0.2) is 4.68 Å². The van der Waals surface area contributed by atoms with Crippen molar-refractivity contribution in [1.29, 1.82) is 0 Å². The summed E-state index contributed by atoms with van der Waals surface area (Å²) < 4.78 is 12.8. The predicted octanol–water partition coefficient (Wildman–Crippen LogP) is 3.02. The summed E-state index contributed by atoms with van der Waals surface area (Å²) >= 11 is 6.78. The van der Waals surface area contributed by atoms with Crippen LogP contribution >= 0.6 is 11.6 Å². The van der Waals surface area contributed by atoms with Crippen LogP contribution in [0.25, 0.3) is 16.7 Å². The van der Waals surface area contributed by atoms with Crippen molar-refractivity contribution in [3.05, 3.63) is 35.0 Å². The highest BCUT2D eigenvalue weighted by Gasteiger charge is 2.38. The van der Waals surface area contributed by atoms with Gasteiger partial charge in [-0.05, 0) is 62.9 Å². The lowest BCUT2D eigenvalue weighted by molar-refractivity contribution is 0.0304. The highest BCUT2D eigenvalue weighted by molar-refractivity contribution is 6.32. The van der Waals surface area contributed by atoms with Crippen molar-refractivity contribution in [2.24, 2.45) is 0 Å². The lowest BCUT2D eigenvalue weighted by Crippen LogP contribution is -2.60. The van der Waals surface area contributed by atoms with E-state index < -0.39 is 5.60 Å².